The molecule has 0 aliphatic carbocycles. The molecule has 0 saturated carbocycles. The van der Waals surface area contributed by atoms with Crippen molar-refractivity contribution in [2.75, 3.05) is 11.9 Å². The second-order valence-electron chi connectivity index (χ2n) is 6.05. The number of urea groups is 1. The van der Waals surface area contributed by atoms with Crippen molar-refractivity contribution in [3.63, 3.8) is 0 Å². The number of nitrogens with zero attached hydrogens (tertiary/aromatic N) is 1. The average molecular weight is 371 g/mol. The molecular weight excluding hydrogens is 350 g/mol. The first-order valence-corrected chi connectivity index (χ1v) is 8.73. The molecule has 1 aliphatic rings. The van der Waals surface area contributed by atoms with Gasteiger partial charge in [0, 0.05) is 12.1 Å². The van der Waals surface area contributed by atoms with Crippen LogP contribution in [0.1, 0.15) is 25.5 Å². The monoisotopic (exact) mass is 371 g/mol. The van der Waals surface area contributed by atoms with Crippen LogP contribution in [-0.4, -0.2) is 35.4 Å². The standard InChI is InChI=1S/C19H21N3O5/c1-2-26-14-7-5-13(6-8-14)20-17(23)10-9-16-18(24)22(19(25)21-16)12-15-4-3-11-27-15/h3-8,11,16H,2,9-10,12H2,1H3,(H,20,23)(H,21,25)/t16-/m1/s1. The Balaban J connectivity index is 1.48. The van der Waals surface area contributed by atoms with Crippen molar-refractivity contribution in [1.29, 1.82) is 0 Å². The lowest BCUT2D eigenvalue weighted by molar-refractivity contribution is -0.128. The van der Waals surface area contributed by atoms with E-state index in [1.807, 2.05) is 6.92 Å². The molecule has 2 heterocycles. The Labute approximate surface area is 156 Å². The number of hydrogen-bond acceptors (Lipinski definition) is 5. The molecule has 1 atom stereocenters. The molecule has 1 saturated heterocycles. The topological polar surface area (TPSA) is 101 Å². The van der Waals surface area contributed by atoms with Crippen molar-refractivity contribution in [3.05, 3.63) is 48.4 Å². The normalized spacial score (nSPS) is 16.3. The summed E-state index contributed by atoms with van der Waals surface area (Å²) in [6.45, 7) is 2.55. The Morgan fingerprint density at radius 1 is 1.26 bits per heavy atom. The molecule has 1 aromatic heterocycles. The molecule has 0 spiro atoms. The molecule has 8 heteroatoms. The van der Waals surface area contributed by atoms with Gasteiger partial charge >= 0.3 is 6.03 Å². The lowest BCUT2D eigenvalue weighted by Gasteiger charge is -2.11. The molecule has 0 bridgehead atoms. The van der Waals surface area contributed by atoms with E-state index in [4.69, 9.17) is 9.15 Å². The molecule has 4 amide bonds. The Morgan fingerprint density at radius 3 is 2.70 bits per heavy atom. The smallest absolute Gasteiger partial charge is 0.325 e. The van der Waals surface area contributed by atoms with Crippen LogP contribution >= 0.6 is 0 Å². The lowest BCUT2D eigenvalue weighted by Crippen LogP contribution is -2.31. The van der Waals surface area contributed by atoms with Gasteiger partial charge in [0.15, 0.2) is 0 Å². The average Bonchev–Trinajstić information content (AvgIpc) is 3.26. The summed E-state index contributed by atoms with van der Waals surface area (Å²) in [5.74, 6) is 0.662. The van der Waals surface area contributed by atoms with Gasteiger partial charge in [-0.15, -0.1) is 0 Å². The number of furan rings is 1. The van der Waals surface area contributed by atoms with E-state index in [1.165, 1.54) is 6.26 Å². The van der Waals surface area contributed by atoms with Crippen molar-refractivity contribution in [2.24, 2.45) is 0 Å². The molecular formula is C19H21N3O5. The zero-order chi connectivity index (χ0) is 19.2. The van der Waals surface area contributed by atoms with Crippen molar-refractivity contribution in [1.82, 2.24) is 10.2 Å². The highest BCUT2D eigenvalue weighted by Crippen LogP contribution is 2.18. The molecule has 1 aromatic carbocycles. The van der Waals surface area contributed by atoms with Gasteiger partial charge in [0.2, 0.25) is 5.91 Å². The first-order valence-electron chi connectivity index (χ1n) is 8.73. The van der Waals surface area contributed by atoms with E-state index < -0.39 is 12.1 Å². The Hall–Kier alpha value is -3.29. The van der Waals surface area contributed by atoms with Gasteiger partial charge in [0.25, 0.3) is 5.91 Å². The van der Waals surface area contributed by atoms with Gasteiger partial charge in [0.05, 0.1) is 19.4 Å². The first-order chi connectivity index (χ1) is 13.1. The fraction of sp³-hybridized carbons (Fsp3) is 0.316. The predicted octanol–water partition coefficient (Wildman–Crippen LogP) is 2.52. The number of benzene rings is 1. The predicted molar refractivity (Wildman–Crippen MR) is 97.1 cm³/mol. The van der Waals surface area contributed by atoms with Crippen molar-refractivity contribution >= 4 is 23.5 Å². The van der Waals surface area contributed by atoms with Crippen LogP contribution in [0, 0.1) is 0 Å². The van der Waals surface area contributed by atoms with E-state index in [0.29, 0.717) is 18.1 Å². The van der Waals surface area contributed by atoms with Gasteiger partial charge in [0.1, 0.15) is 17.6 Å². The third-order valence-electron chi connectivity index (χ3n) is 4.11. The number of nitrogens with one attached hydrogen (secondary N) is 2. The van der Waals surface area contributed by atoms with Crippen LogP contribution < -0.4 is 15.4 Å². The highest BCUT2D eigenvalue weighted by molar-refractivity contribution is 6.04. The minimum atomic E-state index is -0.710. The summed E-state index contributed by atoms with van der Waals surface area (Å²) in [5.41, 5.74) is 0.643. The summed E-state index contributed by atoms with van der Waals surface area (Å²) in [5, 5.41) is 5.37. The summed E-state index contributed by atoms with van der Waals surface area (Å²) in [6.07, 6.45) is 1.82. The summed E-state index contributed by atoms with van der Waals surface area (Å²) in [6, 6.07) is 9.23. The number of amides is 4. The van der Waals surface area contributed by atoms with Gasteiger partial charge in [-0.25, -0.2) is 4.79 Å². The number of imide groups is 1. The van der Waals surface area contributed by atoms with Crippen molar-refractivity contribution < 1.29 is 23.5 Å². The van der Waals surface area contributed by atoms with Crippen LogP contribution in [0.4, 0.5) is 10.5 Å². The maximum absolute atomic E-state index is 12.4. The quantitative estimate of drug-likeness (QED) is 0.695. The van der Waals surface area contributed by atoms with Gasteiger partial charge < -0.3 is 19.8 Å². The van der Waals surface area contributed by atoms with Gasteiger partial charge in [-0.2, -0.15) is 0 Å². The molecule has 1 fully saturated rings. The van der Waals surface area contributed by atoms with Crippen LogP contribution in [0.3, 0.4) is 0 Å². The van der Waals surface area contributed by atoms with Crippen LogP contribution in [-0.2, 0) is 16.1 Å². The fourth-order valence-electron chi connectivity index (χ4n) is 2.78. The largest absolute Gasteiger partial charge is 0.494 e. The van der Waals surface area contributed by atoms with E-state index in [1.54, 1.807) is 36.4 Å². The Morgan fingerprint density at radius 2 is 2.04 bits per heavy atom. The third kappa shape index (κ3) is 4.66. The molecule has 2 aromatic rings. The Bertz CT molecular complexity index is 801. The van der Waals surface area contributed by atoms with Gasteiger partial charge in [-0.3, -0.25) is 14.5 Å². The summed E-state index contributed by atoms with van der Waals surface area (Å²) < 4.78 is 10.5. The van der Waals surface area contributed by atoms with E-state index in [-0.39, 0.29) is 31.2 Å². The number of carbonyl (C=O) groups is 3. The number of hydrogen-bond donors (Lipinski definition) is 2. The first kappa shape index (κ1) is 18.5. The Kier molecular flexibility index (Phi) is 5.75. The third-order valence-corrected chi connectivity index (χ3v) is 4.11. The number of carbonyl (C=O) groups excluding carboxylic acids is 3. The number of rotatable bonds is 8. The molecule has 0 unspecified atom stereocenters. The van der Waals surface area contributed by atoms with Crippen LogP contribution in [0.15, 0.2) is 47.1 Å². The van der Waals surface area contributed by atoms with E-state index in [9.17, 15) is 14.4 Å². The van der Waals surface area contributed by atoms with E-state index in [2.05, 4.69) is 10.6 Å². The fourth-order valence-corrected chi connectivity index (χ4v) is 2.78. The SMILES string of the molecule is CCOc1ccc(NC(=O)CC[C@H]2NC(=O)N(Cc3ccco3)C2=O)cc1. The van der Waals surface area contributed by atoms with E-state index >= 15 is 0 Å². The molecule has 0 radical (unpaired) electrons. The minimum absolute atomic E-state index is 0.0759. The molecule has 2 N–H and O–H groups in total. The van der Waals surface area contributed by atoms with Crippen molar-refractivity contribution in [2.45, 2.75) is 32.4 Å². The highest BCUT2D eigenvalue weighted by atomic mass is 16.5. The number of anilines is 1. The second-order valence-corrected chi connectivity index (χ2v) is 6.05. The van der Waals surface area contributed by atoms with Gasteiger partial charge in [-0.05, 0) is 49.7 Å². The molecule has 8 nitrogen and oxygen atoms in total. The zero-order valence-corrected chi connectivity index (χ0v) is 14.9. The maximum atomic E-state index is 12.4. The summed E-state index contributed by atoms with van der Waals surface area (Å²) >= 11 is 0. The van der Waals surface area contributed by atoms with Crippen LogP contribution in [0.5, 0.6) is 5.75 Å². The van der Waals surface area contributed by atoms with E-state index in [0.717, 1.165) is 10.6 Å². The second kappa shape index (κ2) is 8.39. The maximum Gasteiger partial charge on any atom is 0.325 e. The summed E-state index contributed by atoms with van der Waals surface area (Å²) in [4.78, 5) is 37.6. The zero-order valence-electron chi connectivity index (χ0n) is 14.9. The number of ether oxygens (including phenoxy) is 1. The molecule has 1 aliphatic heterocycles. The van der Waals surface area contributed by atoms with Crippen molar-refractivity contribution in [3.8, 4) is 5.75 Å². The highest BCUT2D eigenvalue weighted by Gasteiger charge is 2.38. The van der Waals surface area contributed by atoms with Gasteiger partial charge in [-0.1, -0.05) is 0 Å². The molecule has 27 heavy (non-hydrogen) atoms. The molecule has 142 valence electrons. The summed E-state index contributed by atoms with van der Waals surface area (Å²) in [7, 11) is 0. The van der Waals surface area contributed by atoms with Crippen LogP contribution in [0.2, 0.25) is 0 Å². The van der Waals surface area contributed by atoms with Crippen LogP contribution in [0.25, 0.3) is 0 Å². The minimum Gasteiger partial charge on any atom is -0.494 e. The lowest BCUT2D eigenvalue weighted by atomic mass is 10.1. The molecule has 3 rings (SSSR count).